The Kier molecular flexibility index (Phi) is 6.10. The van der Waals surface area contributed by atoms with Gasteiger partial charge in [-0.25, -0.2) is 4.39 Å². The van der Waals surface area contributed by atoms with E-state index < -0.39 is 12.0 Å². The van der Waals surface area contributed by atoms with Crippen molar-refractivity contribution in [1.82, 2.24) is 4.90 Å². The fraction of sp³-hybridized carbons (Fsp3) is 0.529. The lowest BCUT2D eigenvalue weighted by atomic mass is 9.90. The van der Waals surface area contributed by atoms with Crippen molar-refractivity contribution in [2.24, 2.45) is 11.7 Å². The topological polar surface area (TPSA) is 83.6 Å². The first-order valence-electron chi connectivity index (χ1n) is 7.96. The molecule has 1 amide bonds. The maximum absolute atomic E-state index is 12.9. The molecule has 3 N–H and O–H groups in total. The number of carboxylic acid groups (broad SMARTS) is 1. The summed E-state index contributed by atoms with van der Waals surface area (Å²) in [5.74, 6) is -0.859. The zero-order valence-corrected chi connectivity index (χ0v) is 13.1. The van der Waals surface area contributed by atoms with Crippen molar-refractivity contribution >= 4 is 11.9 Å². The molecule has 1 saturated heterocycles. The molecule has 0 spiro atoms. The summed E-state index contributed by atoms with van der Waals surface area (Å²) in [5.41, 5.74) is 6.88. The average Bonchev–Trinajstić information content (AvgIpc) is 2.55. The molecular weight excluding hydrogens is 299 g/mol. The van der Waals surface area contributed by atoms with Crippen molar-refractivity contribution in [3.8, 4) is 0 Å². The quantitative estimate of drug-likeness (QED) is 0.836. The van der Waals surface area contributed by atoms with Crippen molar-refractivity contribution in [2.75, 3.05) is 13.1 Å². The first-order valence-corrected chi connectivity index (χ1v) is 7.96. The van der Waals surface area contributed by atoms with Crippen LogP contribution >= 0.6 is 0 Å². The molecule has 0 saturated carbocycles. The minimum absolute atomic E-state index is 0.0893. The van der Waals surface area contributed by atoms with Crippen LogP contribution in [0.5, 0.6) is 0 Å². The number of hydrogen-bond acceptors (Lipinski definition) is 3. The van der Waals surface area contributed by atoms with Gasteiger partial charge in [0.1, 0.15) is 5.82 Å². The number of hydrogen-bond donors (Lipinski definition) is 2. The van der Waals surface area contributed by atoms with Crippen molar-refractivity contribution < 1.29 is 19.1 Å². The molecule has 2 rings (SSSR count). The first kappa shape index (κ1) is 17.4. The number of aliphatic carboxylic acids is 1. The van der Waals surface area contributed by atoms with E-state index in [0.717, 1.165) is 24.8 Å². The van der Waals surface area contributed by atoms with E-state index in [2.05, 4.69) is 0 Å². The van der Waals surface area contributed by atoms with Crippen LogP contribution in [-0.4, -0.2) is 41.0 Å². The van der Waals surface area contributed by atoms with Gasteiger partial charge in [0.05, 0.1) is 6.04 Å². The van der Waals surface area contributed by atoms with E-state index >= 15 is 0 Å². The molecule has 0 aliphatic carbocycles. The van der Waals surface area contributed by atoms with E-state index in [1.54, 1.807) is 17.0 Å². The van der Waals surface area contributed by atoms with Gasteiger partial charge in [-0.3, -0.25) is 9.59 Å². The number of nitrogens with zero attached hydrogens (tertiary/aromatic N) is 1. The number of rotatable bonds is 6. The van der Waals surface area contributed by atoms with Gasteiger partial charge in [-0.15, -0.1) is 0 Å². The number of amides is 1. The minimum Gasteiger partial charge on any atom is -0.481 e. The van der Waals surface area contributed by atoms with Crippen LogP contribution < -0.4 is 5.73 Å². The minimum atomic E-state index is -0.939. The number of benzene rings is 1. The predicted molar refractivity (Wildman–Crippen MR) is 84.3 cm³/mol. The number of nitrogens with two attached hydrogens (primary N) is 1. The second-order valence-electron chi connectivity index (χ2n) is 6.14. The van der Waals surface area contributed by atoms with Crippen LogP contribution in [0.1, 0.15) is 31.2 Å². The maximum Gasteiger partial charge on any atom is 0.303 e. The zero-order chi connectivity index (χ0) is 16.8. The molecule has 23 heavy (non-hydrogen) atoms. The second kappa shape index (κ2) is 8.06. The van der Waals surface area contributed by atoms with E-state index in [1.807, 2.05) is 0 Å². The zero-order valence-electron chi connectivity index (χ0n) is 13.1. The number of piperidine rings is 1. The monoisotopic (exact) mass is 322 g/mol. The standard InChI is InChI=1S/C17H23FN2O3/c18-14-3-1-12(2-4-14)11-13-7-9-20(10-8-13)17(23)15(19)5-6-16(21)22/h1-4,13,15H,5-11,19H2,(H,21,22)/t15-/m0/s1. The highest BCUT2D eigenvalue weighted by Crippen LogP contribution is 2.22. The Bertz CT molecular complexity index is 539. The fourth-order valence-electron chi connectivity index (χ4n) is 2.95. The first-order chi connectivity index (χ1) is 11.0. The molecule has 126 valence electrons. The fourth-order valence-corrected chi connectivity index (χ4v) is 2.95. The van der Waals surface area contributed by atoms with Crippen molar-refractivity contribution in [3.05, 3.63) is 35.6 Å². The second-order valence-corrected chi connectivity index (χ2v) is 6.14. The van der Waals surface area contributed by atoms with E-state index in [9.17, 15) is 14.0 Å². The van der Waals surface area contributed by atoms with Gasteiger partial charge in [0.25, 0.3) is 0 Å². The number of halogens is 1. The molecular formula is C17H23FN2O3. The lowest BCUT2D eigenvalue weighted by Gasteiger charge is -2.33. The molecule has 0 radical (unpaired) electrons. The molecule has 1 fully saturated rings. The van der Waals surface area contributed by atoms with E-state index in [0.29, 0.717) is 19.0 Å². The molecule has 5 nitrogen and oxygen atoms in total. The lowest BCUT2D eigenvalue weighted by Crippen LogP contribution is -2.47. The van der Waals surface area contributed by atoms with Gasteiger partial charge in [-0.2, -0.15) is 0 Å². The molecule has 1 aromatic carbocycles. The van der Waals surface area contributed by atoms with Crippen LogP contribution in [0, 0.1) is 11.7 Å². The van der Waals surface area contributed by atoms with Crippen LogP contribution in [-0.2, 0) is 16.0 Å². The summed E-state index contributed by atoms with van der Waals surface area (Å²) in [7, 11) is 0. The lowest BCUT2D eigenvalue weighted by molar-refractivity contribution is -0.138. The molecule has 0 bridgehead atoms. The van der Waals surface area contributed by atoms with E-state index in [1.165, 1.54) is 12.1 Å². The van der Waals surface area contributed by atoms with Gasteiger partial charge in [0, 0.05) is 19.5 Å². The molecule has 0 unspecified atom stereocenters. The number of carboxylic acids is 1. The summed E-state index contributed by atoms with van der Waals surface area (Å²) in [6.07, 6.45) is 2.73. The predicted octanol–water partition coefficient (Wildman–Crippen LogP) is 1.80. The molecule has 0 aromatic heterocycles. The van der Waals surface area contributed by atoms with Gasteiger partial charge in [0.2, 0.25) is 5.91 Å². The molecule has 1 aliphatic rings. The van der Waals surface area contributed by atoms with Gasteiger partial charge in [-0.1, -0.05) is 12.1 Å². The Hall–Kier alpha value is -1.95. The van der Waals surface area contributed by atoms with Gasteiger partial charge >= 0.3 is 5.97 Å². The van der Waals surface area contributed by atoms with Crippen molar-refractivity contribution in [1.29, 1.82) is 0 Å². The van der Waals surface area contributed by atoms with Gasteiger partial charge in [0.15, 0.2) is 0 Å². The Morgan fingerprint density at radius 1 is 1.26 bits per heavy atom. The third-order valence-electron chi connectivity index (χ3n) is 4.35. The number of carbonyl (C=O) groups is 2. The number of likely N-dealkylation sites (tertiary alicyclic amines) is 1. The Morgan fingerprint density at radius 2 is 1.87 bits per heavy atom. The summed E-state index contributed by atoms with van der Waals surface area (Å²) in [4.78, 5) is 24.4. The summed E-state index contributed by atoms with van der Waals surface area (Å²) < 4.78 is 12.9. The highest BCUT2D eigenvalue weighted by atomic mass is 19.1. The molecule has 1 aromatic rings. The Morgan fingerprint density at radius 3 is 2.43 bits per heavy atom. The SMILES string of the molecule is N[C@@H](CCC(=O)O)C(=O)N1CCC(Cc2ccc(F)cc2)CC1. The van der Waals surface area contributed by atoms with E-state index in [-0.39, 0.29) is 24.6 Å². The van der Waals surface area contributed by atoms with E-state index in [4.69, 9.17) is 10.8 Å². The van der Waals surface area contributed by atoms with Crippen LogP contribution in [0.25, 0.3) is 0 Å². The normalized spacial score (nSPS) is 17.0. The maximum atomic E-state index is 12.9. The summed E-state index contributed by atoms with van der Waals surface area (Å²) in [5, 5.41) is 8.64. The van der Waals surface area contributed by atoms with Gasteiger partial charge in [-0.05, 0) is 49.3 Å². The summed E-state index contributed by atoms with van der Waals surface area (Å²) in [6, 6.07) is 5.80. The highest BCUT2D eigenvalue weighted by Gasteiger charge is 2.26. The van der Waals surface area contributed by atoms with Gasteiger partial charge < -0.3 is 15.7 Å². The molecule has 1 heterocycles. The highest BCUT2D eigenvalue weighted by molar-refractivity contribution is 5.82. The molecule has 6 heteroatoms. The molecule has 1 aliphatic heterocycles. The summed E-state index contributed by atoms with van der Waals surface area (Å²) >= 11 is 0. The third kappa shape index (κ3) is 5.32. The van der Waals surface area contributed by atoms with Crippen LogP contribution in [0.4, 0.5) is 4.39 Å². The van der Waals surface area contributed by atoms with Crippen LogP contribution in [0.15, 0.2) is 24.3 Å². The Balaban J connectivity index is 1.77. The largest absolute Gasteiger partial charge is 0.481 e. The Labute approximate surface area is 135 Å². The smallest absolute Gasteiger partial charge is 0.303 e. The van der Waals surface area contributed by atoms with Crippen molar-refractivity contribution in [2.45, 2.75) is 38.1 Å². The third-order valence-corrected chi connectivity index (χ3v) is 4.35. The van der Waals surface area contributed by atoms with Crippen LogP contribution in [0.2, 0.25) is 0 Å². The van der Waals surface area contributed by atoms with Crippen LogP contribution in [0.3, 0.4) is 0 Å². The van der Waals surface area contributed by atoms with Crippen molar-refractivity contribution in [3.63, 3.8) is 0 Å². The molecule has 1 atom stereocenters. The number of carbonyl (C=O) groups excluding carboxylic acids is 1. The summed E-state index contributed by atoms with van der Waals surface area (Å²) in [6.45, 7) is 1.29. The average molecular weight is 322 g/mol.